The zero-order valence-corrected chi connectivity index (χ0v) is 21.6. The van der Waals surface area contributed by atoms with Gasteiger partial charge in [-0.2, -0.15) is 12.1 Å². The van der Waals surface area contributed by atoms with Crippen molar-refractivity contribution in [1.29, 1.82) is 0 Å². The topological polar surface area (TPSA) is 0 Å². The van der Waals surface area contributed by atoms with Crippen molar-refractivity contribution in [1.82, 2.24) is 0 Å². The first-order valence-electron chi connectivity index (χ1n) is 7.91. The maximum absolute atomic E-state index is 5.13. The van der Waals surface area contributed by atoms with E-state index in [1.807, 2.05) is 0 Å². The Kier molecular flexibility index (Phi) is 8.97. The Morgan fingerprint density at radius 1 is 0.808 bits per heavy atom. The summed E-state index contributed by atoms with van der Waals surface area (Å²) in [7, 11) is 10.3. The van der Waals surface area contributed by atoms with Gasteiger partial charge in [-0.1, -0.05) is 57.8 Å². The number of halogens is 4. The second-order valence-electron chi connectivity index (χ2n) is 5.89. The van der Waals surface area contributed by atoms with Crippen LogP contribution in [0.15, 0.2) is 69.6 Å². The molecule has 0 aliphatic carbocycles. The molecule has 0 N–H and O–H groups in total. The molecule has 0 aliphatic rings. The molecule has 4 aromatic rings. The van der Waals surface area contributed by atoms with Crippen LogP contribution in [0.3, 0.4) is 0 Å². The van der Waals surface area contributed by atoms with Gasteiger partial charge in [0.25, 0.3) is 0 Å². The third-order valence-corrected chi connectivity index (χ3v) is 5.07. The van der Waals surface area contributed by atoms with Crippen molar-refractivity contribution in [3.05, 3.63) is 80.7 Å². The van der Waals surface area contributed by atoms with Crippen LogP contribution >= 0.6 is 48.9 Å². The molecule has 136 valence electrons. The Morgan fingerprint density at radius 3 is 1.46 bits per heavy atom. The van der Waals surface area contributed by atoms with Crippen LogP contribution in [-0.4, -0.2) is 4.21 Å². The number of rotatable bonds is 0. The Hall–Kier alpha value is -0.0469. The first kappa shape index (κ1) is 22.2. The summed E-state index contributed by atoms with van der Waals surface area (Å²) < 4.78 is 5.73. The predicted octanol–water partition coefficient (Wildman–Crippen LogP) is 8.60. The molecule has 0 amide bonds. The number of benzene rings is 2. The van der Waals surface area contributed by atoms with E-state index in [0.717, 1.165) is 0 Å². The van der Waals surface area contributed by atoms with Gasteiger partial charge in [-0.3, -0.25) is 0 Å². The van der Waals surface area contributed by atoms with E-state index in [0.29, 0.717) is 0 Å². The Bertz CT molecular complexity index is 949. The Balaban J connectivity index is 0.000000156. The third-order valence-electron chi connectivity index (χ3n) is 3.68. The van der Waals surface area contributed by atoms with Gasteiger partial charge in [0, 0.05) is 0 Å². The van der Waals surface area contributed by atoms with E-state index in [2.05, 4.69) is 111 Å². The summed E-state index contributed by atoms with van der Waals surface area (Å²) in [6.07, 6.45) is 0. The average Bonchev–Trinajstić information content (AvgIpc) is 3.11. The molecule has 5 heteroatoms. The van der Waals surface area contributed by atoms with Crippen LogP contribution in [0.1, 0.15) is 11.1 Å². The summed E-state index contributed by atoms with van der Waals surface area (Å²) in [6, 6.07) is 21.3. The number of hydrogen-bond acceptors (Lipinski definition) is 0. The van der Waals surface area contributed by atoms with E-state index in [-0.39, 0.29) is 0 Å². The van der Waals surface area contributed by atoms with E-state index < -0.39 is 18.9 Å². The minimum atomic E-state index is -1.85. The van der Waals surface area contributed by atoms with Crippen LogP contribution in [0, 0.1) is 13.8 Å². The number of aryl methyl sites for hydroxylation is 2. The van der Waals surface area contributed by atoms with Crippen LogP contribution < -0.4 is 0 Å². The summed E-state index contributed by atoms with van der Waals surface area (Å²) in [5, 5.41) is 5.25. The summed E-state index contributed by atoms with van der Waals surface area (Å²) in [6.45, 7) is 4.24. The van der Waals surface area contributed by atoms with Crippen LogP contribution in [0.5, 0.6) is 0 Å². The molecule has 4 aromatic carbocycles. The first-order chi connectivity index (χ1) is 12.3. The normalized spacial score (nSPS) is 10.1. The summed E-state index contributed by atoms with van der Waals surface area (Å²) in [5.74, 6) is 0. The number of hydrogen-bond donors (Lipinski definition) is 0. The van der Waals surface area contributed by atoms with Crippen molar-refractivity contribution in [2.45, 2.75) is 13.8 Å². The third kappa shape index (κ3) is 6.53. The molecule has 0 aromatic heterocycles. The fraction of sp³-hybridized carbons (Fsp3) is 0.0952. The summed E-state index contributed by atoms with van der Waals surface area (Å²) in [5.41, 5.74) is 2.65. The van der Waals surface area contributed by atoms with E-state index >= 15 is 0 Å². The Labute approximate surface area is 186 Å². The van der Waals surface area contributed by atoms with Gasteiger partial charge in [0.1, 0.15) is 0 Å². The number of fused-ring (bicyclic) bond motifs is 2. The van der Waals surface area contributed by atoms with Gasteiger partial charge in [-0.15, -0.1) is 69.1 Å². The summed E-state index contributed by atoms with van der Waals surface area (Å²) in [4.78, 5) is 0. The van der Waals surface area contributed by atoms with Crippen molar-refractivity contribution in [2.24, 2.45) is 0 Å². The molecule has 26 heavy (non-hydrogen) atoms. The van der Waals surface area contributed by atoms with Crippen molar-refractivity contribution in [3.63, 3.8) is 0 Å². The van der Waals surface area contributed by atoms with Crippen molar-refractivity contribution < 1.29 is 18.9 Å². The molecule has 4 rings (SSSR count). The molecule has 0 fully saturated rings. The monoisotopic (exact) mass is 588 g/mol. The minimum absolute atomic E-state index is 1.18. The second-order valence-corrected chi connectivity index (χ2v) is 15.8. The molecule has 0 saturated carbocycles. The SMILES string of the molecule is Cc1cc2c(Br)cccc2[cH-]1.Cc1cc2c(Br)cccc2[cH-]1.[CH2]=[Zr]([Cl])[Cl]. The molecule has 0 nitrogen and oxygen atoms in total. The predicted molar refractivity (Wildman–Crippen MR) is 123 cm³/mol. The van der Waals surface area contributed by atoms with Gasteiger partial charge >= 0.3 is 40.1 Å². The van der Waals surface area contributed by atoms with Crippen LogP contribution in [-0.2, 0) is 18.9 Å². The van der Waals surface area contributed by atoms with E-state index in [1.165, 1.54) is 41.6 Å². The van der Waals surface area contributed by atoms with E-state index in [4.69, 9.17) is 17.0 Å². The molecular formula is C21H18Br2Cl2Zr-2. The maximum atomic E-state index is 5.13. The first-order valence-corrected chi connectivity index (χ1v) is 17.6. The fourth-order valence-corrected chi connectivity index (χ4v) is 3.68. The molecule has 0 spiro atoms. The zero-order valence-electron chi connectivity index (χ0n) is 14.5. The molecule has 0 unspecified atom stereocenters. The van der Waals surface area contributed by atoms with Gasteiger partial charge in [-0.25, -0.2) is 0 Å². The van der Waals surface area contributed by atoms with Crippen molar-refractivity contribution in [2.75, 3.05) is 0 Å². The molecular weight excluding hydrogens is 574 g/mol. The van der Waals surface area contributed by atoms with Gasteiger partial charge < -0.3 is 0 Å². The summed E-state index contributed by atoms with van der Waals surface area (Å²) >= 11 is 5.17. The molecule has 0 heterocycles. The van der Waals surface area contributed by atoms with Crippen molar-refractivity contribution >= 4 is 74.6 Å². The molecule has 0 aliphatic heterocycles. The van der Waals surface area contributed by atoms with Gasteiger partial charge in [0.05, 0.1) is 0 Å². The van der Waals surface area contributed by atoms with Crippen molar-refractivity contribution in [3.8, 4) is 0 Å². The van der Waals surface area contributed by atoms with Gasteiger partial charge in [0.2, 0.25) is 0 Å². The average molecular weight is 592 g/mol. The second kappa shape index (κ2) is 10.5. The molecule has 0 radical (unpaired) electrons. The quantitative estimate of drug-likeness (QED) is 0.180. The van der Waals surface area contributed by atoms with Crippen LogP contribution in [0.4, 0.5) is 0 Å². The van der Waals surface area contributed by atoms with E-state index in [1.54, 1.807) is 0 Å². The zero-order chi connectivity index (χ0) is 19.3. The van der Waals surface area contributed by atoms with Gasteiger partial charge in [0.15, 0.2) is 0 Å². The molecule has 0 bridgehead atoms. The Morgan fingerprint density at radius 2 is 1.15 bits per heavy atom. The molecule has 0 atom stereocenters. The fourth-order valence-electron chi connectivity index (χ4n) is 2.69. The molecule has 0 saturated heterocycles. The standard InChI is InChI=1S/2C10H8Br.CH2.2ClH.Zr/c2*1-7-5-8-3-2-4-10(11)9(8)6-7;;;;/h2*2-6H,1H3;1H2;2*1H;/q2*-1;;;;+2/p-2. The van der Waals surface area contributed by atoms with E-state index in [9.17, 15) is 0 Å². The van der Waals surface area contributed by atoms with Crippen LogP contribution in [0.2, 0.25) is 0 Å². The van der Waals surface area contributed by atoms with Gasteiger partial charge in [-0.05, 0) is 8.95 Å². The van der Waals surface area contributed by atoms with Crippen LogP contribution in [0.25, 0.3) is 21.5 Å².